The highest BCUT2D eigenvalue weighted by Crippen LogP contribution is 2.48. The Morgan fingerprint density at radius 3 is 1.40 bits per heavy atom. The Hall–Kier alpha value is -7.01. The molecule has 0 radical (unpaired) electrons. The van der Waals surface area contributed by atoms with Crippen LogP contribution < -0.4 is 4.90 Å². The lowest BCUT2D eigenvalue weighted by molar-refractivity contribution is 0.0935. The van der Waals surface area contributed by atoms with Crippen LogP contribution in [0.15, 0.2) is 170 Å². The van der Waals surface area contributed by atoms with Gasteiger partial charge in [0.2, 0.25) is 0 Å². The van der Waals surface area contributed by atoms with E-state index in [4.69, 9.17) is 0 Å². The van der Waals surface area contributed by atoms with Gasteiger partial charge < -0.3 is 9.67 Å². The molecular formula is C54H42N2O2. The molecular weight excluding hydrogens is 709 g/mol. The zero-order valence-electron chi connectivity index (χ0n) is 33.0. The molecule has 1 aliphatic rings. The maximum atomic E-state index is 15.3. The highest BCUT2D eigenvalue weighted by molar-refractivity contribution is 6.18. The minimum absolute atomic E-state index is 0.243. The van der Waals surface area contributed by atoms with Crippen LogP contribution in [0.25, 0.3) is 72.0 Å². The molecule has 0 saturated heterocycles. The van der Waals surface area contributed by atoms with Crippen molar-refractivity contribution in [2.45, 2.75) is 33.9 Å². The van der Waals surface area contributed by atoms with E-state index in [0.29, 0.717) is 16.8 Å². The van der Waals surface area contributed by atoms with Gasteiger partial charge in [0.05, 0.1) is 28.0 Å². The number of aryl methyl sites for hydroxylation is 4. The van der Waals surface area contributed by atoms with Gasteiger partial charge in [0.15, 0.2) is 6.23 Å². The van der Waals surface area contributed by atoms with E-state index in [1.165, 1.54) is 33.4 Å². The van der Waals surface area contributed by atoms with Crippen LogP contribution in [0.4, 0.5) is 5.69 Å². The molecule has 4 heteroatoms. The van der Waals surface area contributed by atoms with Crippen LogP contribution in [0.2, 0.25) is 0 Å². The number of hydrogen-bond acceptors (Lipinski definition) is 2. The van der Waals surface area contributed by atoms with Gasteiger partial charge in [-0.05, 0) is 91.4 Å². The van der Waals surface area contributed by atoms with E-state index in [1.807, 2.05) is 72.8 Å². The van der Waals surface area contributed by atoms with Gasteiger partial charge in [0.25, 0.3) is 5.91 Å². The number of fused-ring (bicyclic) bond motifs is 4. The minimum Gasteiger partial charge on any atom is -0.369 e. The van der Waals surface area contributed by atoms with E-state index in [9.17, 15) is 5.11 Å². The number of aliphatic hydroxyl groups excluding tert-OH is 1. The molecule has 4 nitrogen and oxygen atoms in total. The van der Waals surface area contributed by atoms with Crippen LogP contribution in [0.3, 0.4) is 0 Å². The number of hydrogen-bond donors (Lipinski definition) is 1. The Labute approximate surface area is 338 Å². The number of para-hydroxylation sites is 1. The van der Waals surface area contributed by atoms with Crippen molar-refractivity contribution in [1.82, 2.24) is 4.57 Å². The zero-order chi connectivity index (χ0) is 39.7. The van der Waals surface area contributed by atoms with Crippen LogP contribution in [0.5, 0.6) is 0 Å². The third-order valence-corrected chi connectivity index (χ3v) is 11.6. The topological polar surface area (TPSA) is 45.5 Å². The van der Waals surface area contributed by atoms with Gasteiger partial charge in [-0.15, -0.1) is 0 Å². The van der Waals surface area contributed by atoms with Crippen molar-refractivity contribution in [3.05, 3.63) is 203 Å². The maximum Gasteiger partial charge on any atom is 0.263 e. The first-order valence-electron chi connectivity index (χ1n) is 19.9. The summed E-state index contributed by atoms with van der Waals surface area (Å²) in [6, 6.07) is 58.9. The predicted molar refractivity (Wildman–Crippen MR) is 240 cm³/mol. The maximum absolute atomic E-state index is 15.3. The summed E-state index contributed by atoms with van der Waals surface area (Å²) in [5.74, 6) is -0.243. The van der Waals surface area contributed by atoms with Crippen LogP contribution >= 0.6 is 0 Å². The molecule has 0 saturated carbocycles. The Morgan fingerprint density at radius 1 is 0.448 bits per heavy atom. The molecule has 1 unspecified atom stereocenters. The molecule has 1 N–H and O–H groups in total. The quantitative estimate of drug-likeness (QED) is 0.184. The fourth-order valence-electron chi connectivity index (χ4n) is 9.22. The highest BCUT2D eigenvalue weighted by Gasteiger charge is 2.41. The van der Waals surface area contributed by atoms with E-state index in [2.05, 4.69) is 129 Å². The van der Waals surface area contributed by atoms with Crippen LogP contribution in [0.1, 0.15) is 44.4 Å². The van der Waals surface area contributed by atoms with Gasteiger partial charge in [-0.2, -0.15) is 0 Å². The van der Waals surface area contributed by atoms with E-state index in [1.54, 1.807) is 4.90 Å². The predicted octanol–water partition coefficient (Wildman–Crippen LogP) is 13.3. The highest BCUT2D eigenvalue weighted by atomic mass is 16.3. The fraction of sp³-hybridized carbons (Fsp3) is 0.0926. The average molecular weight is 751 g/mol. The van der Waals surface area contributed by atoms with Crippen molar-refractivity contribution < 1.29 is 9.90 Å². The van der Waals surface area contributed by atoms with Gasteiger partial charge >= 0.3 is 0 Å². The summed E-state index contributed by atoms with van der Waals surface area (Å²) < 4.78 is 2.22. The molecule has 0 aliphatic carbocycles. The number of carbonyl (C=O) groups is 1. The number of aliphatic hydroxyl groups is 1. The monoisotopic (exact) mass is 750 g/mol. The molecule has 1 aliphatic heterocycles. The summed E-state index contributed by atoms with van der Waals surface area (Å²) in [6.45, 7) is 8.57. The lowest BCUT2D eigenvalue weighted by Crippen LogP contribution is -2.29. The van der Waals surface area contributed by atoms with Crippen LogP contribution in [-0.2, 0) is 0 Å². The van der Waals surface area contributed by atoms with Gasteiger partial charge in [0.1, 0.15) is 0 Å². The zero-order valence-corrected chi connectivity index (χ0v) is 33.0. The van der Waals surface area contributed by atoms with Crippen molar-refractivity contribution in [2.75, 3.05) is 4.90 Å². The Bertz CT molecular complexity index is 2880. The Morgan fingerprint density at radius 2 is 0.914 bits per heavy atom. The van der Waals surface area contributed by atoms with Crippen molar-refractivity contribution in [2.24, 2.45) is 0 Å². The lowest BCUT2D eigenvalue weighted by Gasteiger charge is -2.27. The molecule has 0 fully saturated rings. The molecule has 0 bridgehead atoms. The third-order valence-electron chi connectivity index (χ3n) is 11.6. The summed E-state index contributed by atoms with van der Waals surface area (Å²) in [5.41, 5.74) is 17.7. The third kappa shape index (κ3) is 5.84. The fourth-order valence-corrected chi connectivity index (χ4v) is 9.22. The number of carbonyl (C=O) groups excluding carboxylic acids is 1. The molecule has 10 rings (SSSR count). The van der Waals surface area contributed by atoms with Gasteiger partial charge in [-0.3, -0.25) is 9.69 Å². The molecule has 9 aromatic rings. The second-order valence-electron chi connectivity index (χ2n) is 15.8. The SMILES string of the molecule is Cc1cc(C)cc(-c2ccc3c(c2)c2cc(-c4cc(C)cc(C)c4)ccc2n3-c2cccc3c2C(=O)N(c2c(-c4ccccc4)cccc2-c2ccccc2)C3O)c1. The van der Waals surface area contributed by atoms with E-state index in [-0.39, 0.29) is 5.91 Å². The molecule has 8 aromatic carbocycles. The number of rotatable bonds is 6. The lowest BCUT2D eigenvalue weighted by atomic mass is 9.95. The van der Waals surface area contributed by atoms with Crippen molar-refractivity contribution in [3.8, 4) is 50.2 Å². The number of benzene rings is 8. The molecule has 2 heterocycles. The first kappa shape index (κ1) is 35.4. The molecule has 1 amide bonds. The molecule has 1 aromatic heterocycles. The van der Waals surface area contributed by atoms with Crippen molar-refractivity contribution in [3.63, 3.8) is 0 Å². The Balaban J connectivity index is 1.21. The van der Waals surface area contributed by atoms with Gasteiger partial charge in [-0.25, -0.2) is 0 Å². The standard InChI is InChI=1S/C54H42N2O2/c1-33-25-34(2)28-41(27-33)39-21-23-48-46(31-39)47-32-40(42-29-35(3)26-36(4)30-42)22-24-49(47)55(48)50-20-12-19-45-51(50)54(58)56(53(45)57)52-43(37-13-7-5-8-14-37)17-11-18-44(52)38-15-9-6-10-16-38/h5-32,53,57H,1-4H3. The normalized spacial score (nSPS) is 13.8. The van der Waals surface area contributed by atoms with Gasteiger partial charge in [-0.1, -0.05) is 162 Å². The molecule has 0 spiro atoms. The smallest absolute Gasteiger partial charge is 0.263 e. The van der Waals surface area contributed by atoms with E-state index in [0.717, 1.165) is 60.9 Å². The average Bonchev–Trinajstić information content (AvgIpc) is 3.69. The number of amides is 1. The van der Waals surface area contributed by atoms with Gasteiger partial charge in [0, 0.05) is 27.5 Å². The minimum atomic E-state index is -1.20. The van der Waals surface area contributed by atoms with Crippen molar-refractivity contribution >= 4 is 33.4 Å². The second kappa shape index (κ2) is 13.9. The van der Waals surface area contributed by atoms with E-state index < -0.39 is 6.23 Å². The second-order valence-corrected chi connectivity index (χ2v) is 15.8. The number of anilines is 1. The summed E-state index contributed by atoms with van der Waals surface area (Å²) in [5, 5.41) is 14.6. The molecule has 1 atom stereocenters. The largest absolute Gasteiger partial charge is 0.369 e. The summed E-state index contributed by atoms with van der Waals surface area (Å²) in [6.07, 6.45) is -1.20. The molecule has 280 valence electrons. The van der Waals surface area contributed by atoms with Crippen LogP contribution in [-0.4, -0.2) is 15.6 Å². The summed E-state index contributed by atoms with van der Waals surface area (Å²) >= 11 is 0. The summed E-state index contributed by atoms with van der Waals surface area (Å²) in [7, 11) is 0. The Kier molecular flexibility index (Phi) is 8.47. The van der Waals surface area contributed by atoms with Crippen LogP contribution in [0, 0.1) is 27.7 Å². The first-order chi connectivity index (χ1) is 28.2. The van der Waals surface area contributed by atoms with Crippen molar-refractivity contribution in [1.29, 1.82) is 0 Å². The van der Waals surface area contributed by atoms with E-state index >= 15 is 4.79 Å². The molecule has 58 heavy (non-hydrogen) atoms. The summed E-state index contributed by atoms with van der Waals surface area (Å²) in [4.78, 5) is 16.9. The number of nitrogens with zero attached hydrogens (tertiary/aromatic N) is 2. The first-order valence-corrected chi connectivity index (χ1v) is 19.9. The number of aromatic nitrogens is 1.